The number of aromatic nitrogens is 6. The Morgan fingerprint density at radius 3 is 2.44 bits per heavy atom. The number of amides is 4. The van der Waals surface area contributed by atoms with E-state index < -0.39 is 18.1 Å². The second-order valence-electron chi connectivity index (χ2n) is 24.6. The molecule has 1 saturated carbocycles. The predicted molar refractivity (Wildman–Crippen MR) is 342 cm³/mol. The Bertz CT molecular complexity index is 3750. The van der Waals surface area contributed by atoms with Gasteiger partial charge in [-0.25, -0.2) is 15.0 Å². The van der Waals surface area contributed by atoms with Crippen molar-refractivity contribution in [1.82, 2.24) is 50.3 Å². The van der Waals surface area contributed by atoms with Crippen LogP contribution in [0, 0.1) is 31.6 Å². The summed E-state index contributed by atoms with van der Waals surface area (Å²) in [5.74, 6) is 0.0911. The maximum absolute atomic E-state index is 14.6. The zero-order chi connectivity index (χ0) is 61.0. The van der Waals surface area contributed by atoms with E-state index >= 15 is 0 Å². The fraction of sp³-hybridized carbons (Fsp3) is 0.448. The summed E-state index contributed by atoms with van der Waals surface area (Å²) in [5.41, 5.74) is 11.2. The van der Waals surface area contributed by atoms with Crippen LogP contribution < -0.4 is 25.6 Å². The van der Waals surface area contributed by atoms with Gasteiger partial charge < -0.3 is 39.7 Å². The van der Waals surface area contributed by atoms with Crippen molar-refractivity contribution in [2.24, 2.45) is 17.8 Å². The zero-order valence-corrected chi connectivity index (χ0v) is 52.4. The lowest BCUT2D eigenvalue weighted by atomic mass is 9.89. The summed E-state index contributed by atoms with van der Waals surface area (Å²) in [7, 11) is 0. The number of para-hydroxylation sites is 1. The Morgan fingerprint density at radius 1 is 0.864 bits per heavy atom. The zero-order valence-electron chi connectivity index (χ0n) is 50.7. The van der Waals surface area contributed by atoms with Crippen LogP contribution in [0.4, 0.5) is 10.9 Å². The standard InChI is InChI=1S/C67H78N12O7S2/c1-40(2)60(66(84)78-36-49(80)32-55(78)64(82)71-41(3)46-18-20-48(21-19-46)62-42(4)69-39-87-62)56-33-59(75-86-56)85-38-45-24-28-76(29-25-45)31-27-68-65(83)61-50(52-34-70-79(43(52)5)35-44-12-7-6-8-13-44)22-23-58(73-61)77-30-26-47-14-11-15-51(53(47)37-77)63(81)74-67-72-54-16-9-10-17-57(54)88-67/h9-11,14-23,33-34,39-41,44-45,49,55,60,80H,6-8,12-13,24-32,35-38H2,1-5H3,(H,68,83)(H,71,82)(H,72,74,81)/t41-,49+,55-,60+/m0/s1. The average molecular weight is 1230 g/mol. The Balaban J connectivity index is 0.654. The van der Waals surface area contributed by atoms with E-state index in [2.05, 4.69) is 58.5 Å². The van der Waals surface area contributed by atoms with Gasteiger partial charge in [0.1, 0.15) is 23.5 Å². The van der Waals surface area contributed by atoms with Gasteiger partial charge in [-0.1, -0.05) is 93.0 Å². The molecule has 0 spiro atoms. The maximum atomic E-state index is 14.6. The number of carbonyl (C=O) groups excluding carboxylic acids is 4. The summed E-state index contributed by atoms with van der Waals surface area (Å²) in [6.45, 7) is 15.0. The minimum atomic E-state index is -0.852. The molecular weight excluding hydrogens is 1150 g/mol. The lowest BCUT2D eigenvalue weighted by Crippen LogP contribution is -2.48. The number of hydrogen-bond acceptors (Lipinski definition) is 16. The van der Waals surface area contributed by atoms with E-state index in [9.17, 15) is 24.3 Å². The molecule has 4 aliphatic rings. The number of aryl methyl sites for hydroxylation is 1. The number of aliphatic hydroxyl groups is 1. The highest BCUT2D eigenvalue weighted by atomic mass is 32.1. The van der Waals surface area contributed by atoms with Crippen molar-refractivity contribution in [2.75, 3.05) is 56.1 Å². The number of anilines is 2. The molecule has 12 rings (SSSR count). The van der Waals surface area contributed by atoms with Crippen molar-refractivity contribution < 1.29 is 33.5 Å². The van der Waals surface area contributed by atoms with Crippen molar-refractivity contribution in [3.63, 3.8) is 0 Å². The van der Waals surface area contributed by atoms with Crippen LogP contribution in [0.2, 0.25) is 0 Å². The molecule has 4 amide bonds. The molecule has 0 unspecified atom stereocenters. The molecule has 5 aromatic heterocycles. The van der Waals surface area contributed by atoms with Crippen LogP contribution in [-0.4, -0.2) is 126 Å². The number of β-amino-alcohol motifs (C(OH)–C–C–N with tert-alkyl or cyclic N) is 1. The Morgan fingerprint density at radius 2 is 1.67 bits per heavy atom. The van der Waals surface area contributed by atoms with Gasteiger partial charge in [-0.2, -0.15) is 5.10 Å². The number of likely N-dealkylation sites (tertiary alicyclic amines) is 2. The molecule has 3 aliphatic heterocycles. The summed E-state index contributed by atoms with van der Waals surface area (Å²) < 4.78 is 15.1. The van der Waals surface area contributed by atoms with Crippen LogP contribution in [0.5, 0.6) is 5.88 Å². The van der Waals surface area contributed by atoms with Crippen molar-refractivity contribution in [2.45, 2.75) is 130 Å². The molecule has 1 aliphatic carbocycles. The molecule has 88 heavy (non-hydrogen) atoms. The molecule has 4 atom stereocenters. The van der Waals surface area contributed by atoms with Crippen molar-refractivity contribution >= 4 is 67.5 Å². The van der Waals surface area contributed by atoms with Crippen LogP contribution >= 0.6 is 22.7 Å². The first kappa shape index (κ1) is 60.4. The highest BCUT2D eigenvalue weighted by molar-refractivity contribution is 7.22. The average Bonchev–Trinajstić information content (AvgIpc) is 4.28. The number of fused-ring (bicyclic) bond motifs is 2. The molecule has 460 valence electrons. The third-order valence-electron chi connectivity index (χ3n) is 18.3. The lowest BCUT2D eigenvalue weighted by Gasteiger charge is -2.32. The van der Waals surface area contributed by atoms with Crippen LogP contribution in [0.3, 0.4) is 0 Å². The van der Waals surface area contributed by atoms with Crippen LogP contribution in [0.1, 0.15) is 139 Å². The number of nitrogens with zero attached hydrogens (tertiary/aromatic N) is 9. The second kappa shape index (κ2) is 26.9. The summed E-state index contributed by atoms with van der Waals surface area (Å²) in [6, 6.07) is 26.3. The number of piperidine rings is 1. The molecule has 21 heteroatoms. The number of nitrogens with one attached hydrogen (secondary N) is 3. The van der Waals surface area contributed by atoms with E-state index in [0.717, 1.165) is 92.3 Å². The third-order valence-corrected chi connectivity index (χ3v) is 20.2. The Kier molecular flexibility index (Phi) is 18.4. The first-order valence-corrected chi connectivity index (χ1v) is 32.9. The quantitative estimate of drug-likeness (QED) is 0.0557. The maximum Gasteiger partial charge on any atom is 0.270 e. The van der Waals surface area contributed by atoms with Gasteiger partial charge >= 0.3 is 0 Å². The van der Waals surface area contributed by atoms with Gasteiger partial charge in [-0.3, -0.25) is 29.2 Å². The lowest BCUT2D eigenvalue weighted by molar-refractivity contribution is -0.141. The Hall–Kier alpha value is -7.85. The van der Waals surface area contributed by atoms with Gasteiger partial charge in [0.15, 0.2) is 10.9 Å². The fourth-order valence-electron chi connectivity index (χ4n) is 13.2. The third kappa shape index (κ3) is 13.4. The summed E-state index contributed by atoms with van der Waals surface area (Å²) >= 11 is 3.04. The van der Waals surface area contributed by atoms with Crippen LogP contribution in [0.15, 0.2) is 101 Å². The minimum absolute atomic E-state index is 0.0353. The van der Waals surface area contributed by atoms with Gasteiger partial charge in [0.2, 0.25) is 11.8 Å². The first-order chi connectivity index (χ1) is 42.7. The number of aliphatic hydroxyl groups excluding tert-OH is 1. The van der Waals surface area contributed by atoms with Gasteiger partial charge in [0, 0.05) is 74.1 Å². The summed E-state index contributed by atoms with van der Waals surface area (Å²) in [4.78, 5) is 78.1. The van der Waals surface area contributed by atoms with Crippen LogP contribution in [0.25, 0.3) is 31.8 Å². The normalized spacial score (nSPS) is 18.4. The minimum Gasteiger partial charge on any atom is -0.475 e. The first-order valence-electron chi connectivity index (χ1n) is 31.2. The summed E-state index contributed by atoms with van der Waals surface area (Å²) in [5, 5.41) is 29.8. The second-order valence-corrected chi connectivity index (χ2v) is 26.5. The highest BCUT2D eigenvalue weighted by Crippen LogP contribution is 2.37. The number of carbonyl (C=O) groups is 4. The van der Waals surface area contributed by atoms with Crippen molar-refractivity contribution in [3.8, 4) is 27.4 Å². The van der Waals surface area contributed by atoms with Gasteiger partial charge in [-0.15, -0.1) is 11.3 Å². The molecule has 0 radical (unpaired) electrons. The van der Waals surface area contributed by atoms with E-state index in [1.807, 2.05) is 112 Å². The molecule has 8 heterocycles. The molecule has 8 aromatic rings. The fourth-order valence-corrected chi connectivity index (χ4v) is 14.9. The molecule has 19 nitrogen and oxygen atoms in total. The SMILES string of the molecule is Cc1ncsc1-c1ccc([C@H](C)NC(=O)[C@@H]2C[C@@H](O)CN2C(=O)[C@@H](c2cc(OCC3CCN(CCNC(=O)c4nc(N5CCc6cccc(C(=O)Nc7nc8ccccc8s7)c6C5)ccc4-c4cnn(CC5CCCCC5)c4C)CC3)no2)C(C)C)cc1. The van der Waals surface area contributed by atoms with Crippen LogP contribution in [-0.2, 0) is 29.1 Å². The van der Waals surface area contributed by atoms with Crippen molar-refractivity contribution in [1.29, 1.82) is 0 Å². The topological polar surface area (TPSA) is 226 Å². The van der Waals surface area contributed by atoms with Gasteiger partial charge in [0.25, 0.3) is 17.7 Å². The van der Waals surface area contributed by atoms with E-state index in [-0.39, 0.29) is 54.5 Å². The van der Waals surface area contributed by atoms with Gasteiger partial charge in [-0.05, 0) is 141 Å². The summed E-state index contributed by atoms with van der Waals surface area (Å²) in [6.07, 6.45) is 9.83. The van der Waals surface area contributed by atoms with Crippen molar-refractivity contribution in [3.05, 3.63) is 142 Å². The predicted octanol–water partition coefficient (Wildman–Crippen LogP) is 10.8. The van der Waals surface area contributed by atoms with Gasteiger partial charge in [0.05, 0.1) is 51.2 Å². The Labute approximate surface area is 521 Å². The smallest absolute Gasteiger partial charge is 0.270 e. The molecular formula is C67H78N12O7S2. The molecule has 3 aromatic carbocycles. The van der Waals surface area contributed by atoms with E-state index in [0.29, 0.717) is 79.0 Å². The molecule has 4 N–H and O–H groups in total. The molecule has 2 saturated heterocycles. The molecule has 0 bridgehead atoms. The largest absolute Gasteiger partial charge is 0.475 e. The van der Waals surface area contributed by atoms with E-state index in [4.69, 9.17) is 19.3 Å². The number of rotatable bonds is 20. The number of hydrogen-bond donors (Lipinski definition) is 4. The molecule has 3 fully saturated rings. The van der Waals surface area contributed by atoms with E-state index in [1.165, 1.54) is 48.3 Å². The van der Waals surface area contributed by atoms with E-state index in [1.54, 1.807) is 17.4 Å². The number of ether oxygens (including phenoxy) is 1. The highest BCUT2D eigenvalue weighted by Gasteiger charge is 2.44. The number of thiazole rings is 2. The number of pyridine rings is 1. The number of benzene rings is 3. The monoisotopic (exact) mass is 1230 g/mol.